The van der Waals surface area contributed by atoms with Gasteiger partial charge in [0, 0.05) is 33.2 Å². The summed E-state index contributed by atoms with van der Waals surface area (Å²) < 4.78 is 2.64. The molecule has 1 heterocycles. The highest BCUT2D eigenvalue weighted by Crippen LogP contribution is 2.24. The van der Waals surface area contributed by atoms with Crippen LogP contribution >= 0.6 is 15.9 Å². The second kappa shape index (κ2) is 7.85. The lowest BCUT2D eigenvalue weighted by Crippen LogP contribution is -2.00. The number of nitrogens with zero attached hydrogens (tertiary/aromatic N) is 1. The van der Waals surface area contributed by atoms with E-state index in [9.17, 15) is 9.90 Å². The Morgan fingerprint density at radius 2 is 1.61 bits per heavy atom. The molecule has 3 nitrogen and oxygen atoms in total. The summed E-state index contributed by atoms with van der Waals surface area (Å²) in [5.41, 5.74) is 2.77. The number of aromatic nitrogens is 1. The molecular formula is C24H16BrNO2. The van der Waals surface area contributed by atoms with Gasteiger partial charge in [0.05, 0.1) is 5.52 Å². The zero-order valence-electron chi connectivity index (χ0n) is 14.8. The van der Waals surface area contributed by atoms with Gasteiger partial charge in [-0.15, -0.1) is 0 Å². The molecule has 0 aliphatic heterocycles. The number of carbonyl (C=O) groups is 1. The number of rotatable bonds is 3. The Kier molecular flexibility index (Phi) is 5.12. The summed E-state index contributed by atoms with van der Waals surface area (Å²) in [7, 11) is 0. The van der Waals surface area contributed by atoms with Crippen LogP contribution in [0.5, 0.6) is 0 Å². The largest absolute Gasteiger partial charge is 0.376 e. The van der Waals surface area contributed by atoms with E-state index in [1.54, 1.807) is 22.9 Å². The number of hydrogen-bond acceptors (Lipinski definition) is 2. The molecule has 0 spiro atoms. The Morgan fingerprint density at radius 1 is 0.929 bits per heavy atom. The number of hydrogen-bond donors (Lipinski definition) is 1. The predicted octanol–water partition coefficient (Wildman–Crippen LogP) is 5.18. The van der Waals surface area contributed by atoms with Crippen molar-refractivity contribution in [3.8, 4) is 12.0 Å². The number of carbonyl (C=O) groups excluding carboxylic acids is 1. The normalized spacial score (nSPS) is 11.6. The fourth-order valence-corrected chi connectivity index (χ4v) is 3.32. The van der Waals surface area contributed by atoms with Crippen molar-refractivity contribution in [2.45, 2.75) is 6.10 Å². The Balaban J connectivity index is 1.73. The zero-order valence-corrected chi connectivity index (χ0v) is 16.4. The summed E-state index contributed by atoms with van der Waals surface area (Å²) in [5.74, 6) is 2.81. The van der Waals surface area contributed by atoms with Gasteiger partial charge >= 0.3 is 0 Å². The summed E-state index contributed by atoms with van der Waals surface area (Å²) in [4.78, 5) is 12.9. The highest BCUT2D eigenvalue weighted by Gasteiger charge is 2.16. The molecule has 0 saturated heterocycles. The second-order valence-electron chi connectivity index (χ2n) is 6.34. The Bertz CT molecular complexity index is 1200. The molecule has 4 rings (SSSR count). The smallest absolute Gasteiger partial charge is 0.195 e. The fraction of sp³-hybridized carbons (Fsp3) is 0.0417. The van der Waals surface area contributed by atoms with Crippen LogP contribution in [-0.4, -0.2) is 15.5 Å². The topological polar surface area (TPSA) is 42.2 Å². The number of para-hydroxylation sites is 1. The first-order valence-corrected chi connectivity index (χ1v) is 9.58. The third-order valence-electron chi connectivity index (χ3n) is 4.50. The molecule has 3 aromatic carbocycles. The first kappa shape index (κ1) is 18.2. The molecule has 1 aromatic heterocycles. The second-order valence-corrected chi connectivity index (χ2v) is 7.25. The number of fused-ring (bicyclic) bond motifs is 1. The minimum absolute atomic E-state index is 0.0502. The number of ketones is 1. The maximum Gasteiger partial charge on any atom is 0.195 e. The average Bonchev–Trinajstić information content (AvgIpc) is 3.11. The van der Waals surface area contributed by atoms with E-state index < -0.39 is 6.10 Å². The molecule has 136 valence electrons. The van der Waals surface area contributed by atoms with Crippen molar-refractivity contribution in [2.75, 3.05) is 0 Å². The van der Waals surface area contributed by atoms with Gasteiger partial charge in [-0.25, -0.2) is 0 Å². The first-order valence-electron chi connectivity index (χ1n) is 8.78. The summed E-state index contributed by atoms with van der Waals surface area (Å²) >= 11 is 3.38. The summed E-state index contributed by atoms with van der Waals surface area (Å²) in [6.07, 6.45) is 0.823. The first-order chi connectivity index (χ1) is 13.6. The van der Waals surface area contributed by atoms with Crippen molar-refractivity contribution in [3.05, 3.63) is 106 Å². The summed E-state index contributed by atoms with van der Waals surface area (Å²) in [6, 6.07) is 27.2. The van der Waals surface area contributed by atoms with Crippen LogP contribution in [0, 0.1) is 12.0 Å². The molecule has 0 aliphatic rings. The molecule has 0 aliphatic carbocycles. The average molecular weight is 430 g/mol. The lowest BCUT2D eigenvalue weighted by Gasteiger charge is -2.03. The van der Waals surface area contributed by atoms with E-state index in [-0.39, 0.29) is 5.78 Å². The van der Waals surface area contributed by atoms with Gasteiger partial charge in [-0.2, -0.15) is 0 Å². The van der Waals surface area contributed by atoms with Crippen molar-refractivity contribution in [1.82, 2.24) is 4.57 Å². The van der Waals surface area contributed by atoms with E-state index >= 15 is 0 Å². The highest BCUT2D eigenvalue weighted by molar-refractivity contribution is 9.10. The minimum atomic E-state index is -0.914. The standard InChI is InChI=1S/C24H16BrNO2/c25-19-12-10-17(11-13-19)23(27)14-15-26-16-21(20-8-4-5-9-22(20)26)24(28)18-6-2-1-3-7-18/h1-13,16,23,27H/t23-/m1/s1. The molecule has 0 amide bonds. The van der Waals surface area contributed by atoms with Gasteiger partial charge in [-0.05, 0) is 29.7 Å². The van der Waals surface area contributed by atoms with E-state index in [0.29, 0.717) is 16.7 Å². The highest BCUT2D eigenvalue weighted by atomic mass is 79.9. The van der Waals surface area contributed by atoms with Gasteiger partial charge in [0.25, 0.3) is 0 Å². The zero-order chi connectivity index (χ0) is 19.5. The maximum atomic E-state index is 12.9. The van der Waals surface area contributed by atoms with Gasteiger partial charge < -0.3 is 5.11 Å². The quantitative estimate of drug-likeness (QED) is 0.360. The Hall–Kier alpha value is -3.13. The van der Waals surface area contributed by atoms with E-state index in [1.165, 1.54) is 0 Å². The minimum Gasteiger partial charge on any atom is -0.376 e. The van der Waals surface area contributed by atoms with E-state index in [0.717, 1.165) is 15.4 Å². The van der Waals surface area contributed by atoms with Crippen molar-refractivity contribution in [2.24, 2.45) is 0 Å². The van der Waals surface area contributed by atoms with Crippen LogP contribution in [-0.2, 0) is 0 Å². The van der Waals surface area contributed by atoms with Crippen LogP contribution in [0.4, 0.5) is 0 Å². The van der Waals surface area contributed by atoms with Crippen LogP contribution in [0.25, 0.3) is 10.9 Å². The third-order valence-corrected chi connectivity index (χ3v) is 5.03. The molecule has 4 aromatic rings. The maximum absolute atomic E-state index is 12.9. The number of aliphatic hydroxyl groups is 1. The summed E-state index contributed by atoms with van der Waals surface area (Å²) in [5, 5.41) is 11.2. The summed E-state index contributed by atoms with van der Waals surface area (Å²) in [6.45, 7) is 0. The Morgan fingerprint density at radius 3 is 2.36 bits per heavy atom. The predicted molar refractivity (Wildman–Crippen MR) is 114 cm³/mol. The fourth-order valence-electron chi connectivity index (χ4n) is 3.06. The SMILES string of the molecule is O=C(c1ccccc1)c1cn(C#C[C@@H](O)c2ccc(Br)cc2)c2ccccc12. The van der Waals surface area contributed by atoms with E-state index in [2.05, 4.69) is 27.9 Å². The molecule has 0 fully saturated rings. The van der Waals surface area contributed by atoms with Crippen LogP contribution in [0.3, 0.4) is 0 Å². The Labute approximate surface area is 171 Å². The van der Waals surface area contributed by atoms with Gasteiger partial charge in [-0.3, -0.25) is 9.36 Å². The van der Waals surface area contributed by atoms with E-state index in [4.69, 9.17) is 0 Å². The van der Waals surface area contributed by atoms with Crippen molar-refractivity contribution in [3.63, 3.8) is 0 Å². The molecule has 0 unspecified atom stereocenters. The lowest BCUT2D eigenvalue weighted by atomic mass is 10.0. The monoisotopic (exact) mass is 429 g/mol. The van der Waals surface area contributed by atoms with Gasteiger partial charge in [0.2, 0.25) is 0 Å². The molecule has 28 heavy (non-hydrogen) atoms. The van der Waals surface area contributed by atoms with Crippen LogP contribution in [0.15, 0.2) is 89.5 Å². The van der Waals surface area contributed by atoms with Gasteiger partial charge in [0.1, 0.15) is 6.10 Å². The molecule has 0 saturated carbocycles. The van der Waals surface area contributed by atoms with Gasteiger partial charge in [-0.1, -0.05) is 76.6 Å². The molecular weight excluding hydrogens is 414 g/mol. The van der Waals surface area contributed by atoms with Crippen LogP contribution in [0.1, 0.15) is 27.6 Å². The molecule has 1 N–H and O–H groups in total. The van der Waals surface area contributed by atoms with Crippen molar-refractivity contribution < 1.29 is 9.90 Å². The van der Waals surface area contributed by atoms with Crippen LogP contribution in [0.2, 0.25) is 0 Å². The number of halogens is 1. The van der Waals surface area contributed by atoms with E-state index in [1.807, 2.05) is 66.7 Å². The van der Waals surface area contributed by atoms with Crippen molar-refractivity contribution in [1.29, 1.82) is 0 Å². The molecule has 4 heteroatoms. The van der Waals surface area contributed by atoms with Crippen molar-refractivity contribution >= 4 is 32.6 Å². The molecule has 0 radical (unpaired) electrons. The van der Waals surface area contributed by atoms with Crippen LogP contribution < -0.4 is 0 Å². The number of benzene rings is 3. The molecule has 0 bridgehead atoms. The molecule has 1 atom stereocenters. The lowest BCUT2D eigenvalue weighted by molar-refractivity contribution is 0.104. The third kappa shape index (κ3) is 3.63. The number of aliphatic hydroxyl groups excluding tert-OH is 1. The van der Waals surface area contributed by atoms with Gasteiger partial charge in [0.15, 0.2) is 5.78 Å².